The number of carboxylic acid groups (broad SMARTS) is 1. The fourth-order valence-electron chi connectivity index (χ4n) is 5.15. The van der Waals surface area contributed by atoms with Crippen molar-refractivity contribution in [3.05, 3.63) is 36.5 Å². The van der Waals surface area contributed by atoms with Crippen molar-refractivity contribution in [2.24, 2.45) is 5.73 Å². The number of hydrogen-bond acceptors (Lipinski definition) is 9. The maximum absolute atomic E-state index is 12.6. The van der Waals surface area contributed by atoms with Crippen molar-refractivity contribution in [1.29, 1.82) is 0 Å². The Labute approximate surface area is 314 Å². The van der Waals surface area contributed by atoms with Crippen LogP contribution in [0.5, 0.6) is 0 Å². The lowest BCUT2D eigenvalue weighted by atomic mass is 10.1. The molecule has 0 spiro atoms. The van der Waals surface area contributed by atoms with Gasteiger partial charge in [-0.3, -0.25) is 23.4 Å². The Morgan fingerprint density at radius 1 is 0.596 bits per heavy atom. The molecule has 11 nitrogen and oxygen atoms in total. The highest BCUT2D eigenvalue weighted by atomic mass is 31.2. The number of rotatable bonds is 37. The lowest BCUT2D eigenvalue weighted by Gasteiger charge is -2.20. The first-order chi connectivity index (χ1) is 25.1. The van der Waals surface area contributed by atoms with Crippen LogP contribution in [0.1, 0.15) is 168 Å². The Morgan fingerprint density at radius 3 is 1.56 bits per heavy atom. The van der Waals surface area contributed by atoms with Gasteiger partial charge >= 0.3 is 25.7 Å². The fourth-order valence-corrected chi connectivity index (χ4v) is 5.92. The van der Waals surface area contributed by atoms with E-state index in [1.165, 1.54) is 44.9 Å². The standard InChI is InChI=1S/C40H72NO10P/c1-3-5-7-9-11-13-15-17-18-20-21-23-25-27-29-31-38(42)48-33-36(34-49-52(46,47)50-35-37(41)40(44)45)51-39(43)32-30-28-26-24-22-19-16-14-12-10-8-6-4-2/h11,13-14,16-18,36-37H,3-10,12,15,19-35,41H2,1-2H3,(H,44,45)(H,46,47)/b13-11-,16-14-,18-17-/t36-,37+/m1/s1. The monoisotopic (exact) mass is 757 g/mol. The van der Waals surface area contributed by atoms with Gasteiger partial charge in [-0.05, 0) is 70.6 Å². The van der Waals surface area contributed by atoms with Crippen LogP contribution in [-0.2, 0) is 37.5 Å². The van der Waals surface area contributed by atoms with Gasteiger partial charge in [-0.1, -0.05) is 121 Å². The van der Waals surface area contributed by atoms with Gasteiger partial charge in [-0.15, -0.1) is 0 Å². The maximum atomic E-state index is 12.6. The summed E-state index contributed by atoms with van der Waals surface area (Å²) >= 11 is 0. The van der Waals surface area contributed by atoms with Crippen molar-refractivity contribution in [3.8, 4) is 0 Å². The average Bonchev–Trinajstić information content (AvgIpc) is 3.12. The van der Waals surface area contributed by atoms with Gasteiger partial charge in [-0.2, -0.15) is 0 Å². The topological polar surface area (TPSA) is 172 Å². The molecule has 0 rings (SSSR count). The molecule has 0 radical (unpaired) electrons. The van der Waals surface area contributed by atoms with E-state index in [1.807, 2.05) is 0 Å². The molecular formula is C40H72NO10P. The first kappa shape index (κ1) is 49.7. The van der Waals surface area contributed by atoms with E-state index in [-0.39, 0.29) is 19.4 Å². The Morgan fingerprint density at radius 2 is 1.02 bits per heavy atom. The molecule has 12 heteroatoms. The summed E-state index contributed by atoms with van der Waals surface area (Å²) in [4.78, 5) is 45.8. The largest absolute Gasteiger partial charge is 0.480 e. The number of phosphoric ester groups is 1. The lowest BCUT2D eigenvalue weighted by molar-refractivity contribution is -0.161. The summed E-state index contributed by atoms with van der Waals surface area (Å²) < 4.78 is 32.6. The van der Waals surface area contributed by atoms with Gasteiger partial charge < -0.3 is 25.2 Å². The number of unbranched alkanes of at least 4 members (excludes halogenated alkanes) is 17. The number of nitrogens with two attached hydrogens (primary N) is 1. The number of ether oxygens (including phenoxy) is 2. The van der Waals surface area contributed by atoms with Gasteiger partial charge in [0.1, 0.15) is 12.6 Å². The van der Waals surface area contributed by atoms with Crippen LogP contribution in [0.25, 0.3) is 0 Å². The van der Waals surface area contributed by atoms with Gasteiger partial charge in [0.25, 0.3) is 0 Å². The highest BCUT2D eigenvalue weighted by Crippen LogP contribution is 2.43. The highest BCUT2D eigenvalue weighted by molar-refractivity contribution is 7.47. The van der Waals surface area contributed by atoms with E-state index in [1.54, 1.807) is 0 Å². The smallest absolute Gasteiger partial charge is 0.472 e. The minimum absolute atomic E-state index is 0.148. The number of aliphatic carboxylic acids is 1. The minimum Gasteiger partial charge on any atom is -0.480 e. The molecule has 0 fully saturated rings. The molecule has 0 saturated carbocycles. The predicted octanol–water partition coefficient (Wildman–Crippen LogP) is 10.1. The number of carbonyl (C=O) groups is 3. The predicted molar refractivity (Wildman–Crippen MR) is 208 cm³/mol. The summed E-state index contributed by atoms with van der Waals surface area (Å²) in [6, 6.07) is -1.52. The molecule has 4 N–H and O–H groups in total. The van der Waals surface area contributed by atoms with Crippen LogP contribution in [0, 0.1) is 0 Å². The van der Waals surface area contributed by atoms with E-state index in [4.69, 9.17) is 24.8 Å². The first-order valence-corrected chi connectivity index (χ1v) is 21.5. The lowest BCUT2D eigenvalue weighted by Crippen LogP contribution is -2.34. The van der Waals surface area contributed by atoms with Crippen LogP contribution in [0.2, 0.25) is 0 Å². The van der Waals surface area contributed by atoms with Crippen LogP contribution < -0.4 is 5.73 Å². The molecule has 302 valence electrons. The van der Waals surface area contributed by atoms with E-state index >= 15 is 0 Å². The van der Waals surface area contributed by atoms with Crippen LogP contribution >= 0.6 is 7.82 Å². The number of allylic oxidation sites excluding steroid dienone is 6. The van der Waals surface area contributed by atoms with Crippen molar-refractivity contribution < 1.29 is 47.5 Å². The molecule has 0 aliphatic carbocycles. The van der Waals surface area contributed by atoms with Crippen molar-refractivity contribution in [3.63, 3.8) is 0 Å². The minimum atomic E-state index is -4.72. The molecule has 0 amide bonds. The molecule has 3 atom stereocenters. The SMILES string of the molecule is CCCCC/C=C\C/C=C\CCCCCCCC(=O)OC[C@H](COP(=O)(O)OC[C@H](N)C(=O)O)OC(=O)CCCCCCC/C=C\CCCCCC. The summed E-state index contributed by atoms with van der Waals surface area (Å²) in [5.41, 5.74) is 5.32. The number of hydrogen-bond donors (Lipinski definition) is 3. The fraction of sp³-hybridized carbons (Fsp3) is 0.775. The van der Waals surface area contributed by atoms with Crippen molar-refractivity contribution >= 4 is 25.7 Å². The third kappa shape index (κ3) is 34.8. The normalized spacial score (nSPS) is 14.2. The van der Waals surface area contributed by atoms with Crippen molar-refractivity contribution in [2.75, 3.05) is 19.8 Å². The molecule has 0 aromatic carbocycles. The second kappa shape index (κ2) is 35.7. The molecule has 0 bridgehead atoms. The van der Waals surface area contributed by atoms with E-state index in [0.29, 0.717) is 12.8 Å². The molecule has 0 aliphatic heterocycles. The second-order valence-electron chi connectivity index (χ2n) is 13.4. The molecule has 0 saturated heterocycles. The van der Waals surface area contributed by atoms with Gasteiger partial charge in [0.05, 0.1) is 13.2 Å². The number of carbonyl (C=O) groups excluding carboxylic acids is 2. The van der Waals surface area contributed by atoms with Gasteiger partial charge in [0, 0.05) is 12.8 Å². The molecule has 0 aliphatic rings. The van der Waals surface area contributed by atoms with Gasteiger partial charge in [0.2, 0.25) is 0 Å². The summed E-state index contributed by atoms with van der Waals surface area (Å²) in [5.74, 6) is -2.41. The van der Waals surface area contributed by atoms with E-state index < -0.39 is 51.1 Å². The first-order valence-electron chi connectivity index (χ1n) is 20.0. The molecule has 0 heterocycles. The number of carboxylic acids is 1. The van der Waals surface area contributed by atoms with Gasteiger partial charge in [-0.25, -0.2) is 4.57 Å². The zero-order valence-corrected chi connectivity index (χ0v) is 33.3. The van der Waals surface area contributed by atoms with Gasteiger partial charge in [0.15, 0.2) is 6.10 Å². The van der Waals surface area contributed by atoms with Crippen molar-refractivity contribution in [2.45, 2.75) is 180 Å². The van der Waals surface area contributed by atoms with Crippen LogP contribution in [0.4, 0.5) is 0 Å². The van der Waals surface area contributed by atoms with Crippen molar-refractivity contribution in [1.82, 2.24) is 0 Å². The quantitative estimate of drug-likeness (QED) is 0.0238. The third-order valence-electron chi connectivity index (χ3n) is 8.36. The zero-order valence-electron chi connectivity index (χ0n) is 32.4. The zero-order chi connectivity index (χ0) is 38.5. The molecule has 52 heavy (non-hydrogen) atoms. The van der Waals surface area contributed by atoms with E-state index in [9.17, 15) is 23.8 Å². The molecule has 0 aromatic heterocycles. The summed E-state index contributed by atoms with van der Waals surface area (Å²) in [7, 11) is -4.72. The Kier molecular flexibility index (Phi) is 34.1. The molecule has 1 unspecified atom stereocenters. The second-order valence-corrected chi connectivity index (χ2v) is 14.9. The summed E-state index contributed by atoms with van der Waals surface area (Å²) in [6.07, 6.45) is 36.4. The number of esters is 2. The van der Waals surface area contributed by atoms with Crippen LogP contribution in [0.15, 0.2) is 36.5 Å². The highest BCUT2D eigenvalue weighted by Gasteiger charge is 2.28. The molecular weight excluding hydrogens is 685 g/mol. The summed E-state index contributed by atoms with van der Waals surface area (Å²) in [6.45, 7) is 2.72. The average molecular weight is 758 g/mol. The van der Waals surface area contributed by atoms with Crippen LogP contribution in [0.3, 0.4) is 0 Å². The Bertz CT molecular complexity index is 1030. The van der Waals surface area contributed by atoms with E-state index in [2.05, 4.69) is 54.8 Å². The maximum Gasteiger partial charge on any atom is 0.472 e. The Hall–Kier alpha value is -2.30. The number of phosphoric acid groups is 1. The summed E-state index contributed by atoms with van der Waals surface area (Å²) in [5, 5.41) is 8.86. The third-order valence-corrected chi connectivity index (χ3v) is 9.31. The Balaban J connectivity index is 4.45. The van der Waals surface area contributed by atoms with E-state index in [0.717, 1.165) is 83.5 Å². The molecule has 0 aromatic rings. The van der Waals surface area contributed by atoms with Crippen LogP contribution in [-0.4, -0.2) is 59.9 Å².